The summed E-state index contributed by atoms with van der Waals surface area (Å²) in [5, 5.41) is 5.62. The number of amides is 1. The third-order valence-corrected chi connectivity index (χ3v) is 4.71. The van der Waals surface area contributed by atoms with Gasteiger partial charge in [0.25, 0.3) is 5.91 Å². The maximum atomic E-state index is 12.4. The number of hydrogen-bond donors (Lipinski definition) is 1. The molecule has 1 amide bonds. The molecule has 138 valence electrons. The van der Waals surface area contributed by atoms with E-state index in [4.69, 9.17) is 16.3 Å². The van der Waals surface area contributed by atoms with E-state index in [-0.39, 0.29) is 0 Å². The van der Waals surface area contributed by atoms with E-state index >= 15 is 0 Å². The average molecular weight is 402 g/mol. The SMILES string of the molecule is CCC(OC(=O)c1ccncc1)C(=O)Nc1nc(-c2ccc(Cl)cc2)cs1. The highest BCUT2D eigenvalue weighted by molar-refractivity contribution is 7.14. The van der Waals surface area contributed by atoms with Crippen LogP contribution in [0.15, 0.2) is 54.2 Å². The molecular formula is C19H16ClN3O3S. The Labute approximate surface area is 165 Å². The number of ether oxygens (including phenoxy) is 1. The largest absolute Gasteiger partial charge is 0.449 e. The lowest BCUT2D eigenvalue weighted by Gasteiger charge is -2.15. The summed E-state index contributed by atoms with van der Waals surface area (Å²) in [5.74, 6) is -0.989. The highest BCUT2D eigenvalue weighted by Gasteiger charge is 2.23. The van der Waals surface area contributed by atoms with Gasteiger partial charge in [0.05, 0.1) is 11.3 Å². The van der Waals surface area contributed by atoms with Crippen LogP contribution in [-0.2, 0) is 9.53 Å². The van der Waals surface area contributed by atoms with Crippen molar-refractivity contribution in [1.29, 1.82) is 0 Å². The molecule has 1 unspecified atom stereocenters. The number of anilines is 1. The van der Waals surface area contributed by atoms with E-state index in [2.05, 4.69) is 15.3 Å². The molecule has 1 N–H and O–H groups in total. The zero-order valence-electron chi connectivity index (χ0n) is 14.4. The number of thiazole rings is 1. The quantitative estimate of drug-likeness (QED) is 0.618. The monoisotopic (exact) mass is 401 g/mol. The third-order valence-electron chi connectivity index (χ3n) is 3.70. The van der Waals surface area contributed by atoms with E-state index in [1.54, 1.807) is 19.1 Å². The second-order valence-corrected chi connectivity index (χ2v) is 6.87. The van der Waals surface area contributed by atoms with Crippen LogP contribution in [0.3, 0.4) is 0 Å². The topological polar surface area (TPSA) is 81.2 Å². The Hall–Kier alpha value is -2.77. The van der Waals surface area contributed by atoms with E-state index in [0.29, 0.717) is 22.1 Å². The number of esters is 1. The maximum Gasteiger partial charge on any atom is 0.339 e. The van der Waals surface area contributed by atoms with Crippen LogP contribution >= 0.6 is 22.9 Å². The van der Waals surface area contributed by atoms with Crippen molar-refractivity contribution in [3.05, 3.63) is 64.8 Å². The second kappa shape index (κ2) is 8.75. The minimum Gasteiger partial charge on any atom is -0.449 e. The van der Waals surface area contributed by atoms with E-state index in [0.717, 1.165) is 11.3 Å². The number of rotatable bonds is 6. The number of nitrogens with zero attached hydrogens (tertiary/aromatic N) is 2. The van der Waals surface area contributed by atoms with Gasteiger partial charge in [-0.15, -0.1) is 11.3 Å². The van der Waals surface area contributed by atoms with Gasteiger partial charge < -0.3 is 4.74 Å². The molecule has 0 saturated carbocycles. The Bertz CT molecular complexity index is 929. The summed E-state index contributed by atoms with van der Waals surface area (Å²) in [5.41, 5.74) is 1.97. The maximum absolute atomic E-state index is 12.4. The van der Waals surface area contributed by atoms with Crippen molar-refractivity contribution in [2.75, 3.05) is 5.32 Å². The molecule has 0 fully saturated rings. The van der Waals surface area contributed by atoms with Crippen LogP contribution in [0.2, 0.25) is 5.02 Å². The summed E-state index contributed by atoms with van der Waals surface area (Å²) in [6.07, 6.45) is 2.42. The van der Waals surface area contributed by atoms with Gasteiger partial charge in [-0.25, -0.2) is 9.78 Å². The van der Waals surface area contributed by atoms with Gasteiger partial charge in [0.1, 0.15) is 0 Å². The van der Waals surface area contributed by atoms with Gasteiger partial charge in [0, 0.05) is 28.4 Å². The van der Waals surface area contributed by atoms with Gasteiger partial charge in [0.2, 0.25) is 0 Å². The molecule has 0 spiro atoms. The molecule has 8 heteroatoms. The fourth-order valence-electron chi connectivity index (χ4n) is 2.28. The third kappa shape index (κ3) is 4.90. The molecule has 27 heavy (non-hydrogen) atoms. The standard InChI is InChI=1S/C19H16ClN3O3S/c1-2-16(26-18(25)13-7-9-21-10-8-13)17(24)23-19-22-15(11-27-19)12-3-5-14(20)6-4-12/h3-11,16H,2H2,1H3,(H,22,23,24). The Balaban J connectivity index is 1.65. The predicted octanol–water partition coefficient (Wildman–Crippen LogP) is 4.43. The molecule has 6 nitrogen and oxygen atoms in total. The minimum atomic E-state index is -0.909. The van der Waals surface area contributed by atoms with Crippen molar-refractivity contribution in [3.63, 3.8) is 0 Å². The van der Waals surface area contributed by atoms with Gasteiger partial charge >= 0.3 is 5.97 Å². The zero-order chi connectivity index (χ0) is 19.2. The van der Waals surface area contributed by atoms with E-state index in [1.807, 2.05) is 17.5 Å². The first kappa shape index (κ1) is 19.0. The van der Waals surface area contributed by atoms with Crippen molar-refractivity contribution >= 4 is 39.9 Å². The van der Waals surface area contributed by atoms with Crippen molar-refractivity contribution in [2.45, 2.75) is 19.4 Å². The normalized spacial score (nSPS) is 11.6. The fraction of sp³-hybridized carbons (Fsp3) is 0.158. The van der Waals surface area contributed by atoms with Gasteiger partial charge in [-0.3, -0.25) is 15.1 Å². The zero-order valence-corrected chi connectivity index (χ0v) is 16.0. The number of benzene rings is 1. The average Bonchev–Trinajstić information content (AvgIpc) is 3.15. The van der Waals surface area contributed by atoms with Crippen LogP contribution in [0.5, 0.6) is 0 Å². The number of carbonyl (C=O) groups excluding carboxylic acids is 2. The highest BCUT2D eigenvalue weighted by atomic mass is 35.5. The molecule has 0 bridgehead atoms. The molecule has 1 atom stereocenters. The van der Waals surface area contributed by atoms with Crippen molar-refractivity contribution in [2.24, 2.45) is 0 Å². The van der Waals surface area contributed by atoms with Gasteiger partial charge in [0.15, 0.2) is 11.2 Å². The molecule has 0 aliphatic rings. The van der Waals surface area contributed by atoms with Crippen LogP contribution in [0.1, 0.15) is 23.7 Å². The van der Waals surface area contributed by atoms with Gasteiger partial charge in [-0.2, -0.15) is 0 Å². The number of carbonyl (C=O) groups is 2. The summed E-state index contributed by atoms with van der Waals surface area (Å²) in [7, 11) is 0. The summed E-state index contributed by atoms with van der Waals surface area (Å²) in [6.45, 7) is 1.77. The Morgan fingerprint density at radius 3 is 2.56 bits per heavy atom. The molecule has 0 saturated heterocycles. The smallest absolute Gasteiger partial charge is 0.339 e. The molecular weight excluding hydrogens is 386 g/mol. The molecule has 3 aromatic rings. The summed E-state index contributed by atoms with van der Waals surface area (Å²) in [6, 6.07) is 10.3. The number of nitrogens with one attached hydrogen (secondary N) is 1. The van der Waals surface area contributed by atoms with E-state index < -0.39 is 18.0 Å². The molecule has 0 aliphatic heterocycles. The van der Waals surface area contributed by atoms with E-state index in [1.165, 1.54) is 35.9 Å². The lowest BCUT2D eigenvalue weighted by molar-refractivity contribution is -0.124. The first-order valence-electron chi connectivity index (χ1n) is 8.20. The Morgan fingerprint density at radius 2 is 1.89 bits per heavy atom. The Kier molecular flexibility index (Phi) is 6.16. The van der Waals surface area contributed by atoms with Gasteiger partial charge in [-0.1, -0.05) is 30.7 Å². The van der Waals surface area contributed by atoms with Crippen LogP contribution in [0.25, 0.3) is 11.3 Å². The summed E-state index contributed by atoms with van der Waals surface area (Å²) >= 11 is 7.19. The molecule has 0 radical (unpaired) electrons. The summed E-state index contributed by atoms with van der Waals surface area (Å²) < 4.78 is 5.31. The number of hydrogen-bond acceptors (Lipinski definition) is 6. The molecule has 0 aliphatic carbocycles. The van der Waals surface area contributed by atoms with E-state index in [9.17, 15) is 9.59 Å². The van der Waals surface area contributed by atoms with Crippen LogP contribution in [0, 0.1) is 0 Å². The van der Waals surface area contributed by atoms with Crippen LogP contribution < -0.4 is 5.32 Å². The van der Waals surface area contributed by atoms with Crippen molar-refractivity contribution in [1.82, 2.24) is 9.97 Å². The lowest BCUT2D eigenvalue weighted by Crippen LogP contribution is -2.32. The molecule has 2 aromatic heterocycles. The molecule has 3 rings (SSSR count). The number of halogens is 1. The minimum absolute atomic E-state index is 0.343. The lowest BCUT2D eigenvalue weighted by atomic mass is 10.2. The van der Waals surface area contributed by atoms with Crippen LogP contribution in [0.4, 0.5) is 5.13 Å². The molecule has 1 aromatic carbocycles. The first-order valence-corrected chi connectivity index (χ1v) is 9.46. The first-order chi connectivity index (χ1) is 13.1. The van der Waals surface area contributed by atoms with Gasteiger partial charge in [-0.05, 0) is 30.7 Å². The fourth-order valence-corrected chi connectivity index (χ4v) is 3.13. The molecule has 2 heterocycles. The van der Waals surface area contributed by atoms with Crippen LogP contribution in [-0.4, -0.2) is 27.9 Å². The Morgan fingerprint density at radius 1 is 1.19 bits per heavy atom. The van der Waals surface area contributed by atoms with Crippen molar-refractivity contribution < 1.29 is 14.3 Å². The second-order valence-electron chi connectivity index (χ2n) is 5.57. The number of aromatic nitrogens is 2. The number of pyridine rings is 1. The van der Waals surface area contributed by atoms with Crippen molar-refractivity contribution in [3.8, 4) is 11.3 Å². The highest BCUT2D eigenvalue weighted by Crippen LogP contribution is 2.26. The summed E-state index contributed by atoms with van der Waals surface area (Å²) in [4.78, 5) is 32.8. The predicted molar refractivity (Wildman–Crippen MR) is 105 cm³/mol.